The molecule has 14 heavy (non-hydrogen) atoms. The molecular formula is C13H28O. The van der Waals surface area contributed by atoms with Crippen molar-refractivity contribution in [3.05, 3.63) is 0 Å². The van der Waals surface area contributed by atoms with Crippen molar-refractivity contribution in [1.82, 2.24) is 0 Å². The van der Waals surface area contributed by atoms with Crippen LogP contribution in [0, 0.1) is 16.7 Å². The summed E-state index contributed by atoms with van der Waals surface area (Å²) in [5.41, 5.74) is -0.751. The van der Waals surface area contributed by atoms with Gasteiger partial charge in [0.2, 0.25) is 0 Å². The van der Waals surface area contributed by atoms with Gasteiger partial charge in [-0.3, -0.25) is 0 Å². The van der Waals surface area contributed by atoms with Crippen molar-refractivity contribution in [1.29, 1.82) is 0 Å². The quantitative estimate of drug-likeness (QED) is 0.717. The third-order valence-corrected chi connectivity index (χ3v) is 3.19. The summed E-state index contributed by atoms with van der Waals surface area (Å²) in [6.07, 6.45) is 0.861. The summed E-state index contributed by atoms with van der Waals surface area (Å²) in [6, 6.07) is 0. The van der Waals surface area contributed by atoms with Crippen LogP contribution in [0.3, 0.4) is 0 Å². The minimum Gasteiger partial charge on any atom is -0.389 e. The maximum absolute atomic E-state index is 10.9. The third-order valence-electron chi connectivity index (χ3n) is 3.19. The van der Waals surface area contributed by atoms with Crippen LogP contribution in [0.2, 0.25) is 0 Å². The number of hydrogen-bond donors (Lipinski definition) is 1. The van der Waals surface area contributed by atoms with Crippen molar-refractivity contribution < 1.29 is 5.11 Å². The predicted octanol–water partition coefficient (Wildman–Crippen LogP) is 3.86. The monoisotopic (exact) mass is 200 g/mol. The Kier molecular flexibility index (Phi) is 3.83. The lowest BCUT2D eigenvalue weighted by Crippen LogP contribution is -2.53. The lowest BCUT2D eigenvalue weighted by atomic mass is 9.60. The molecule has 0 aromatic heterocycles. The van der Waals surface area contributed by atoms with E-state index in [4.69, 9.17) is 0 Å². The molecule has 0 atom stereocenters. The lowest BCUT2D eigenvalue weighted by molar-refractivity contribution is -0.148. The minimum atomic E-state index is -0.603. The first-order chi connectivity index (χ1) is 5.92. The molecule has 0 amide bonds. The second-order valence-electron chi connectivity index (χ2n) is 6.96. The molecular weight excluding hydrogens is 172 g/mol. The van der Waals surface area contributed by atoms with E-state index in [-0.39, 0.29) is 10.8 Å². The molecule has 0 rings (SSSR count). The topological polar surface area (TPSA) is 20.2 Å². The molecule has 0 fully saturated rings. The van der Waals surface area contributed by atoms with Crippen molar-refractivity contribution in [2.24, 2.45) is 16.7 Å². The average Bonchev–Trinajstić information content (AvgIpc) is 1.79. The van der Waals surface area contributed by atoms with Crippen LogP contribution in [0.25, 0.3) is 0 Å². The molecule has 0 bridgehead atoms. The van der Waals surface area contributed by atoms with Crippen LogP contribution in [0.4, 0.5) is 0 Å². The molecule has 0 aliphatic heterocycles. The van der Waals surface area contributed by atoms with E-state index in [0.717, 1.165) is 6.42 Å². The minimum absolute atomic E-state index is 0.0739. The molecule has 86 valence electrons. The summed E-state index contributed by atoms with van der Waals surface area (Å²) in [4.78, 5) is 0. The summed E-state index contributed by atoms with van der Waals surface area (Å²) in [7, 11) is 0. The predicted molar refractivity (Wildman–Crippen MR) is 63.3 cm³/mol. The van der Waals surface area contributed by atoms with Gasteiger partial charge in [0.1, 0.15) is 0 Å². The lowest BCUT2D eigenvalue weighted by Gasteiger charge is -2.50. The third kappa shape index (κ3) is 2.73. The average molecular weight is 200 g/mol. The van der Waals surface area contributed by atoms with Crippen LogP contribution in [-0.2, 0) is 0 Å². The van der Waals surface area contributed by atoms with E-state index < -0.39 is 5.60 Å². The van der Waals surface area contributed by atoms with Gasteiger partial charge < -0.3 is 5.11 Å². The zero-order valence-electron chi connectivity index (χ0n) is 11.2. The van der Waals surface area contributed by atoms with E-state index in [2.05, 4.69) is 55.4 Å². The van der Waals surface area contributed by atoms with Crippen LogP contribution < -0.4 is 0 Å². The van der Waals surface area contributed by atoms with Crippen molar-refractivity contribution >= 4 is 0 Å². The normalized spacial score (nSPS) is 15.0. The Labute approximate surface area is 89.9 Å². The highest BCUT2D eigenvalue weighted by Crippen LogP contribution is 2.47. The van der Waals surface area contributed by atoms with Crippen molar-refractivity contribution in [2.75, 3.05) is 0 Å². The number of aliphatic hydroxyl groups is 1. The van der Waals surface area contributed by atoms with Crippen molar-refractivity contribution in [3.8, 4) is 0 Å². The van der Waals surface area contributed by atoms with Gasteiger partial charge in [-0.2, -0.15) is 0 Å². The largest absolute Gasteiger partial charge is 0.389 e. The highest BCUT2D eigenvalue weighted by atomic mass is 16.3. The number of rotatable bonds is 2. The van der Waals surface area contributed by atoms with Crippen LogP contribution in [0.15, 0.2) is 0 Å². The molecule has 0 saturated carbocycles. The van der Waals surface area contributed by atoms with Crippen molar-refractivity contribution in [3.63, 3.8) is 0 Å². The van der Waals surface area contributed by atoms with Gasteiger partial charge in [0.25, 0.3) is 0 Å². The fourth-order valence-electron chi connectivity index (χ4n) is 2.33. The molecule has 0 spiro atoms. The molecule has 0 unspecified atom stereocenters. The van der Waals surface area contributed by atoms with E-state index in [1.54, 1.807) is 0 Å². The Balaban J connectivity index is 5.07. The van der Waals surface area contributed by atoms with Crippen LogP contribution >= 0.6 is 0 Å². The first-order valence-electron chi connectivity index (χ1n) is 5.64. The molecule has 1 N–H and O–H groups in total. The van der Waals surface area contributed by atoms with Gasteiger partial charge in [-0.15, -0.1) is 0 Å². The summed E-state index contributed by atoms with van der Waals surface area (Å²) in [6.45, 7) is 17.1. The first-order valence-corrected chi connectivity index (χ1v) is 5.64. The summed E-state index contributed by atoms with van der Waals surface area (Å²) in [5.74, 6) is 0.526. The van der Waals surface area contributed by atoms with E-state index in [9.17, 15) is 5.11 Å². The maximum Gasteiger partial charge on any atom is 0.0746 e. The van der Waals surface area contributed by atoms with Crippen LogP contribution in [0.1, 0.15) is 61.8 Å². The zero-order valence-corrected chi connectivity index (χ0v) is 11.2. The summed E-state index contributed by atoms with van der Waals surface area (Å²) < 4.78 is 0. The Morgan fingerprint density at radius 2 is 1.14 bits per heavy atom. The second kappa shape index (κ2) is 3.84. The maximum atomic E-state index is 10.9. The molecule has 0 aromatic carbocycles. The standard InChI is InChI=1S/C13H28O/c1-10(2)9-13(14,11(3,4)5)12(6,7)8/h10,14H,9H2,1-8H3. The molecule has 1 heteroatoms. The summed E-state index contributed by atoms with van der Waals surface area (Å²) >= 11 is 0. The van der Waals surface area contributed by atoms with E-state index in [1.165, 1.54) is 0 Å². The fourth-order valence-corrected chi connectivity index (χ4v) is 2.33. The molecule has 1 nitrogen and oxygen atoms in total. The number of hydrogen-bond acceptors (Lipinski definition) is 1. The van der Waals surface area contributed by atoms with E-state index in [1.807, 2.05) is 0 Å². The SMILES string of the molecule is CC(C)CC(O)(C(C)(C)C)C(C)(C)C. The zero-order chi connectivity index (χ0) is 11.8. The Bertz CT molecular complexity index is 164. The fraction of sp³-hybridized carbons (Fsp3) is 1.00. The Hall–Kier alpha value is -0.0400. The Morgan fingerprint density at radius 3 is 1.21 bits per heavy atom. The van der Waals surface area contributed by atoms with Crippen LogP contribution in [-0.4, -0.2) is 10.7 Å². The highest BCUT2D eigenvalue weighted by molar-refractivity contribution is 4.99. The van der Waals surface area contributed by atoms with Gasteiger partial charge in [-0.25, -0.2) is 0 Å². The molecule has 0 saturated heterocycles. The van der Waals surface area contributed by atoms with Gasteiger partial charge in [-0.05, 0) is 23.2 Å². The Morgan fingerprint density at radius 1 is 0.857 bits per heavy atom. The van der Waals surface area contributed by atoms with Gasteiger partial charge in [-0.1, -0.05) is 55.4 Å². The summed E-state index contributed by atoms with van der Waals surface area (Å²) in [5, 5.41) is 10.9. The molecule has 0 heterocycles. The van der Waals surface area contributed by atoms with Crippen LogP contribution in [0.5, 0.6) is 0 Å². The molecule has 0 aliphatic carbocycles. The van der Waals surface area contributed by atoms with Crippen molar-refractivity contribution in [2.45, 2.75) is 67.4 Å². The molecule has 0 radical (unpaired) electrons. The van der Waals surface area contributed by atoms with Gasteiger partial charge >= 0.3 is 0 Å². The van der Waals surface area contributed by atoms with E-state index in [0.29, 0.717) is 5.92 Å². The second-order valence-corrected chi connectivity index (χ2v) is 6.96. The first kappa shape index (κ1) is 14.0. The molecule has 0 aliphatic rings. The molecule has 0 aromatic rings. The van der Waals surface area contributed by atoms with Gasteiger partial charge in [0.05, 0.1) is 5.60 Å². The van der Waals surface area contributed by atoms with Gasteiger partial charge in [0, 0.05) is 0 Å². The van der Waals surface area contributed by atoms with Gasteiger partial charge in [0.15, 0.2) is 0 Å². The van der Waals surface area contributed by atoms with E-state index >= 15 is 0 Å². The highest BCUT2D eigenvalue weighted by Gasteiger charge is 2.48. The smallest absolute Gasteiger partial charge is 0.0746 e.